The third-order valence-corrected chi connectivity index (χ3v) is 4.14. The van der Waals surface area contributed by atoms with E-state index in [0.717, 1.165) is 0 Å². The Morgan fingerprint density at radius 3 is 2.69 bits per heavy atom. The number of aromatic nitrogens is 3. The lowest BCUT2D eigenvalue weighted by Crippen LogP contribution is -2.31. The van der Waals surface area contributed by atoms with Gasteiger partial charge in [-0.1, -0.05) is 0 Å². The van der Waals surface area contributed by atoms with Gasteiger partial charge in [-0.3, -0.25) is 14.9 Å². The molecule has 1 amide bonds. The van der Waals surface area contributed by atoms with Crippen LogP contribution in [-0.2, 0) is 11.2 Å². The number of nitrogens with two attached hydrogens (primary N) is 1. The van der Waals surface area contributed by atoms with Crippen molar-refractivity contribution in [2.45, 2.75) is 25.8 Å². The number of amides is 1. The highest BCUT2D eigenvalue weighted by molar-refractivity contribution is 5.95. The number of benzene rings is 1. The Hall–Kier alpha value is -3.27. The molecule has 1 aliphatic rings. The average Bonchev–Trinajstić information content (AvgIpc) is 3.00. The normalized spacial score (nSPS) is 16.2. The van der Waals surface area contributed by atoms with Crippen LogP contribution in [0.3, 0.4) is 0 Å². The van der Waals surface area contributed by atoms with E-state index >= 15 is 0 Å². The summed E-state index contributed by atoms with van der Waals surface area (Å²) in [7, 11) is 0. The number of nitro benzene ring substituents is 1. The number of aliphatic hydroxyl groups is 1. The molecule has 3 rings (SSSR count). The van der Waals surface area contributed by atoms with Crippen LogP contribution in [0.15, 0.2) is 35.5 Å². The number of nitro groups is 1. The first kappa shape index (κ1) is 17.5. The number of nitrogens with one attached hydrogen (secondary N) is 1. The first-order valence-corrected chi connectivity index (χ1v) is 8.00. The molecule has 1 aromatic carbocycles. The Bertz CT molecular complexity index is 887. The summed E-state index contributed by atoms with van der Waals surface area (Å²) in [6.45, 7) is 1.73. The summed E-state index contributed by atoms with van der Waals surface area (Å²) in [5, 5.41) is 27.3. The summed E-state index contributed by atoms with van der Waals surface area (Å²) < 4.78 is 1.54. The van der Waals surface area contributed by atoms with Gasteiger partial charge in [-0.25, -0.2) is 4.68 Å². The zero-order valence-corrected chi connectivity index (χ0v) is 14.0. The minimum Gasteiger partial charge on any atom is -0.396 e. The molecule has 2 heterocycles. The maximum Gasteiger partial charge on any atom is 0.269 e. The van der Waals surface area contributed by atoms with Gasteiger partial charge >= 0.3 is 0 Å². The zero-order chi connectivity index (χ0) is 18.8. The summed E-state index contributed by atoms with van der Waals surface area (Å²) in [5.74, 6) is 0.354. The van der Waals surface area contributed by atoms with Crippen LogP contribution in [0.4, 0.5) is 11.6 Å². The predicted octanol–water partition coefficient (Wildman–Crippen LogP) is 0.885. The summed E-state index contributed by atoms with van der Waals surface area (Å²) in [5.41, 5.74) is 7.01. The molecular formula is C16H18N6O4. The first-order valence-electron chi connectivity index (χ1n) is 8.00. The Balaban J connectivity index is 2.08. The van der Waals surface area contributed by atoms with Gasteiger partial charge in [0.2, 0.25) is 11.9 Å². The maximum atomic E-state index is 12.0. The number of aryl methyl sites for hydroxylation is 1. The number of aliphatic hydroxyl groups excluding tert-OH is 1. The summed E-state index contributed by atoms with van der Waals surface area (Å²) in [4.78, 5) is 26.8. The van der Waals surface area contributed by atoms with Gasteiger partial charge in [0.05, 0.1) is 10.5 Å². The smallest absolute Gasteiger partial charge is 0.269 e. The summed E-state index contributed by atoms with van der Waals surface area (Å²) in [6.07, 6.45) is 0.997. The van der Waals surface area contributed by atoms with Crippen LogP contribution >= 0.6 is 0 Å². The molecule has 1 atom stereocenters. The van der Waals surface area contributed by atoms with E-state index < -0.39 is 16.9 Å². The standard InChI is InChI=1S/C16H18N6O4/c1-9-13(15(17)24)14(10-4-6-11(7-5-10)22(25)26)21-16(18-9)19-12(20-21)3-2-8-23/h4-7,14,23H,2-3,8H2,1H3,(H2,17,24)(H,18,19,20)/t14-/m0/s1. The fourth-order valence-electron chi connectivity index (χ4n) is 2.94. The number of hydrogen-bond acceptors (Lipinski definition) is 7. The van der Waals surface area contributed by atoms with Crippen molar-refractivity contribution >= 4 is 17.5 Å². The number of primary amides is 1. The molecule has 4 N–H and O–H groups in total. The van der Waals surface area contributed by atoms with E-state index in [4.69, 9.17) is 10.8 Å². The number of allylic oxidation sites excluding steroid dienone is 1. The van der Waals surface area contributed by atoms with E-state index in [9.17, 15) is 14.9 Å². The molecule has 0 bridgehead atoms. The van der Waals surface area contributed by atoms with Crippen molar-refractivity contribution in [1.29, 1.82) is 0 Å². The van der Waals surface area contributed by atoms with Crippen LogP contribution in [0.5, 0.6) is 0 Å². The molecule has 0 saturated carbocycles. The number of rotatable bonds is 6. The molecule has 0 unspecified atom stereocenters. The van der Waals surface area contributed by atoms with Crippen molar-refractivity contribution in [2.75, 3.05) is 11.9 Å². The molecule has 0 spiro atoms. The van der Waals surface area contributed by atoms with Gasteiger partial charge in [-0.2, -0.15) is 10.1 Å². The van der Waals surface area contributed by atoms with Crippen LogP contribution in [0.25, 0.3) is 0 Å². The highest BCUT2D eigenvalue weighted by Crippen LogP contribution is 2.35. The van der Waals surface area contributed by atoms with Gasteiger partial charge in [0.15, 0.2) is 5.82 Å². The van der Waals surface area contributed by atoms with Crippen molar-refractivity contribution in [3.8, 4) is 0 Å². The molecule has 1 aromatic heterocycles. The maximum absolute atomic E-state index is 12.0. The number of carbonyl (C=O) groups is 1. The van der Waals surface area contributed by atoms with Gasteiger partial charge in [0.1, 0.15) is 6.04 Å². The highest BCUT2D eigenvalue weighted by atomic mass is 16.6. The third-order valence-electron chi connectivity index (χ3n) is 4.14. The van der Waals surface area contributed by atoms with Gasteiger partial charge in [-0.05, 0) is 31.0 Å². The fraction of sp³-hybridized carbons (Fsp3) is 0.312. The number of anilines is 1. The van der Waals surface area contributed by atoms with E-state index in [1.165, 1.54) is 12.1 Å². The Labute approximate surface area is 148 Å². The highest BCUT2D eigenvalue weighted by Gasteiger charge is 2.33. The van der Waals surface area contributed by atoms with Crippen LogP contribution in [0.1, 0.15) is 30.8 Å². The van der Waals surface area contributed by atoms with E-state index in [-0.39, 0.29) is 12.3 Å². The van der Waals surface area contributed by atoms with Gasteiger partial charge < -0.3 is 16.2 Å². The lowest BCUT2D eigenvalue weighted by Gasteiger charge is -2.27. The third kappa shape index (κ3) is 3.14. The molecule has 1 aliphatic heterocycles. The molecule has 0 fully saturated rings. The van der Waals surface area contributed by atoms with E-state index in [2.05, 4.69) is 15.4 Å². The number of non-ortho nitro benzene ring substituents is 1. The Morgan fingerprint density at radius 2 is 2.12 bits per heavy atom. The van der Waals surface area contributed by atoms with Gasteiger partial charge in [-0.15, -0.1) is 0 Å². The van der Waals surface area contributed by atoms with Crippen molar-refractivity contribution in [1.82, 2.24) is 14.8 Å². The lowest BCUT2D eigenvalue weighted by atomic mass is 9.95. The molecule has 26 heavy (non-hydrogen) atoms. The second-order valence-corrected chi connectivity index (χ2v) is 5.90. The van der Waals surface area contributed by atoms with Crippen LogP contribution in [0, 0.1) is 10.1 Å². The average molecular weight is 358 g/mol. The van der Waals surface area contributed by atoms with Crippen molar-refractivity contribution in [3.63, 3.8) is 0 Å². The van der Waals surface area contributed by atoms with Crippen molar-refractivity contribution in [2.24, 2.45) is 5.73 Å². The Kier molecular flexibility index (Phi) is 4.67. The molecule has 2 aromatic rings. The fourth-order valence-corrected chi connectivity index (χ4v) is 2.94. The topological polar surface area (TPSA) is 149 Å². The summed E-state index contributed by atoms with van der Waals surface area (Å²) in [6, 6.07) is 5.25. The monoisotopic (exact) mass is 358 g/mol. The van der Waals surface area contributed by atoms with Gasteiger partial charge in [0, 0.05) is 30.9 Å². The molecule has 10 nitrogen and oxygen atoms in total. The SMILES string of the molecule is CC1=C(C(N)=O)[C@H](c2ccc([N+](=O)[O-])cc2)n2nc(CCCO)nc2N1. The second kappa shape index (κ2) is 6.92. The minimum absolute atomic E-state index is 0.0207. The van der Waals surface area contributed by atoms with E-state index in [0.29, 0.717) is 41.4 Å². The number of carbonyl (C=O) groups excluding carboxylic acids is 1. The van der Waals surface area contributed by atoms with Crippen LogP contribution in [-0.4, -0.2) is 37.3 Å². The predicted molar refractivity (Wildman–Crippen MR) is 92.2 cm³/mol. The van der Waals surface area contributed by atoms with E-state index in [1.54, 1.807) is 23.7 Å². The quantitative estimate of drug-likeness (QED) is 0.512. The zero-order valence-electron chi connectivity index (χ0n) is 14.0. The number of nitrogens with zero attached hydrogens (tertiary/aromatic N) is 4. The molecule has 136 valence electrons. The number of fused-ring (bicyclic) bond motifs is 1. The summed E-state index contributed by atoms with van der Waals surface area (Å²) >= 11 is 0. The largest absolute Gasteiger partial charge is 0.396 e. The molecule has 10 heteroatoms. The Morgan fingerprint density at radius 1 is 1.42 bits per heavy atom. The second-order valence-electron chi connectivity index (χ2n) is 5.90. The van der Waals surface area contributed by atoms with Gasteiger partial charge in [0.25, 0.3) is 5.69 Å². The molecule has 0 radical (unpaired) electrons. The van der Waals surface area contributed by atoms with Crippen molar-refractivity contribution in [3.05, 3.63) is 57.0 Å². The van der Waals surface area contributed by atoms with Crippen LogP contribution < -0.4 is 11.1 Å². The lowest BCUT2D eigenvalue weighted by molar-refractivity contribution is -0.384. The molecule has 0 saturated heterocycles. The molecular weight excluding hydrogens is 340 g/mol. The van der Waals surface area contributed by atoms with Crippen LogP contribution in [0.2, 0.25) is 0 Å². The van der Waals surface area contributed by atoms with E-state index in [1.807, 2.05) is 0 Å². The number of hydrogen-bond donors (Lipinski definition) is 3. The molecule has 0 aliphatic carbocycles. The van der Waals surface area contributed by atoms with Crippen molar-refractivity contribution < 1.29 is 14.8 Å². The first-order chi connectivity index (χ1) is 12.4. The minimum atomic E-state index is -0.639.